The van der Waals surface area contributed by atoms with Crippen LogP contribution in [0.2, 0.25) is 0 Å². The van der Waals surface area contributed by atoms with Crippen molar-refractivity contribution < 1.29 is 14.3 Å². The summed E-state index contributed by atoms with van der Waals surface area (Å²) < 4.78 is 11.3. The predicted molar refractivity (Wildman–Crippen MR) is 102 cm³/mol. The van der Waals surface area contributed by atoms with E-state index in [4.69, 9.17) is 15.2 Å². The number of nitrogens with one attached hydrogen (secondary N) is 1. The Morgan fingerprint density at radius 1 is 1.08 bits per heavy atom. The molecule has 0 bridgehead atoms. The van der Waals surface area contributed by atoms with E-state index in [0.717, 1.165) is 35.5 Å². The average molecular weight is 375 g/mol. The van der Waals surface area contributed by atoms with Crippen LogP contribution in [0.15, 0.2) is 42.5 Å². The molecule has 6 heteroatoms. The van der Waals surface area contributed by atoms with Gasteiger partial charge in [-0.15, -0.1) is 12.4 Å². The minimum absolute atomic E-state index is 0. The van der Waals surface area contributed by atoms with E-state index in [-0.39, 0.29) is 24.4 Å². The van der Waals surface area contributed by atoms with E-state index in [1.807, 2.05) is 42.5 Å². The molecule has 3 N–H and O–H groups in total. The molecule has 2 aromatic carbocycles. The number of ether oxygens (including phenoxy) is 2. The highest BCUT2D eigenvalue weighted by atomic mass is 35.5. The molecule has 0 radical (unpaired) electrons. The summed E-state index contributed by atoms with van der Waals surface area (Å²) in [5.41, 5.74) is 8.35. The maximum Gasteiger partial charge on any atom is 0.251 e. The lowest BCUT2D eigenvalue weighted by molar-refractivity contribution is 0.0931. The molecule has 1 heterocycles. The van der Waals surface area contributed by atoms with Gasteiger partial charge in [0, 0.05) is 12.1 Å². The van der Waals surface area contributed by atoms with Crippen LogP contribution in [-0.2, 0) is 6.54 Å². The number of hydrogen-bond donors (Lipinski definition) is 2. The second-order valence-electron chi connectivity index (χ2n) is 6.59. The van der Waals surface area contributed by atoms with Gasteiger partial charge in [0.2, 0.25) is 0 Å². The molecule has 4 rings (SSSR count). The largest absolute Gasteiger partial charge is 0.486 e. The first-order valence-corrected chi connectivity index (χ1v) is 8.74. The van der Waals surface area contributed by atoms with Crippen molar-refractivity contribution in [3.05, 3.63) is 59.2 Å². The average Bonchev–Trinajstić information content (AvgIpc) is 3.50. The monoisotopic (exact) mass is 374 g/mol. The molecular formula is C20H23ClN2O3. The smallest absolute Gasteiger partial charge is 0.251 e. The fraction of sp³-hybridized carbons (Fsp3) is 0.350. The Labute approximate surface area is 159 Å². The normalized spacial score (nSPS) is 16.3. The van der Waals surface area contributed by atoms with Crippen molar-refractivity contribution in [2.75, 3.05) is 13.2 Å². The van der Waals surface area contributed by atoms with Crippen LogP contribution >= 0.6 is 12.4 Å². The Hall–Kier alpha value is -2.24. The lowest BCUT2D eigenvalue weighted by atomic mass is 10.0. The van der Waals surface area contributed by atoms with Crippen molar-refractivity contribution in [1.29, 1.82) is 0 Å². The van der Waals surface area contributed by atoms with Gasteiger partial charge in [0.1, 0.15) is 13.2 Å². The maximum atomic E-state index is 12.7. The first-order valence-electron chi connectivity index (χ1n) is 8.74. The third kappa shape index (κ3) is 3.94. The molecule has 0 spiro atoms. The molecule has 0 aromatic heterocycles. The maximum absolute atomic E-state index is 12.7. The second kappa shape index (κ2) is 7.98. The highest BCUT2D eigenvalue weighted by molar-refractivity contribution is 5.94. The first kappa shape index (κ1) is 18.5. The van der Waals surface area contributed by atoms with Crippen LogP contribution in [0.5, 0.6) is 11.5 Å². The standard InChI is InChI=1S/C20H22N2O3.ClH/c21-12-13-1-3-15(4-2-13)20(23)22-19(14-5-6-14)16-7-8-17-18(11-16)25-10-9-24-17;/h1-4,7-8,11,14,19H,5-6,9-10,12,21H2,(H,22,23);1H. The fourth-order valence-corrected chi connectivity index (χ4v) is 3.17. The molecule has 1 amide bonds. The molecule has 26 heavy (non-hydrogen) atoms. The highest BCUT2D eigenvalue weighted by Gasteiger charge is 2.34. The lowest BCUT2D eigenvalue weighted by Gasteiger charge is -2.23. The molecule has 138 valence electrons. The van der Waals surface area contributed by atoms with E-state index in [9.17, 15) is 4.79 Å². The third-order valence-electron chi connectivity index (χ3n) is 4.76. The van der Waals surface area contributed by atoms with E-state index < -0.39 is 0 Å². The summed E-state index contributed by atoms with van der Waals surface area (Å²) in [5.74, 6) is 1.95. The zero-order valence-electron chi connectivity index (χ0n) is 14.4. The van der Waals surface area contributed by atoms with Crippen LogP contribution in [-0.4, -0.2) is 19.1 Å². The van der Waals surface area contributed by atoms with Crippen molar-refractivity contribution in [1.82, 2.24) is 5.32 Å². The van der Waals surface area contributed by atoms with Crippen LogP contribution in [0.4, 0.5) is 0 Å². The minimum atomic E-state index is -0.0599. The topological polar surface area (TPSA) is 73.6 Å². The molecule has 0 saturated heterocycles. The summed E-state index contributed by atoms with van der Waals surface area (Å²) in [7, 11) is 0. The quantitative estimate of drug-likeness (QED) is 0.842. The van der Waals surface area contributed by atoms with E-state index in [1.165, 1.54) is 0 Å². The molecule has 1 aliphatic heterocycles. The Morgan fingerprint density at radius 3 is 2.42 bits per heavy atom. The summed E-state index contributed by atoms with van der Waals surface area (Å²) in [6.45, 7) is 1.61. The van der Waals surface area contributed by atoms with E-state index in [2.05, 4.69) is 5.32 Å². The number of carbonyl (C=O) groups is 1. The zero-order chi connectivity index (χ0) is 17.2. The van der Waals surface area contributed by atoms with Gasteiger partial charge in [-0.2, -0.15) is 0 Å². The van der Waals surface area contributed by atoms with E-state index >= 15 is 0 Å². The van der Waals surface area contributed by atoms with Crippen molar-refractivity contribution in [2.45, 2.75) is 25.4 Å². The summed E-state index contributed by atoms with van der Waals surface area (Å²) >= 11 is 0. The third-order valence-corrected chi connectivity index (χ3v) is 4.76. The molecule has 1 saturated carbocycles. The van der Waals surface area contributed by atoms with Gasteiger partial charge < -0.3 is 20.5 Å². The summed E-state index contributed by atoms with van der Waals surface area (Å²) in [5, 5.41) is 3.19. The molecule has 2 aromatic rings. The van der Waals surface area contributed by atoms with Gasteiger partial charge in [0.05, 0.1) is 6.04 Å². The van der Waals surface area contributed by atoms with Crippen molar-refractivity contribution in [3.63, 3.8) is 0 Å². The van der Waals surface area contributed by atoms with E-state index in [1.54, 1.807) is 0 Å². The minimum Gasteiger partial charge on any atom is -0.486 e. The van der Waals surface area contributed by atoms with Gasteiger partial charge >= 0.3 is 0 Å². The van der Waals surface area contributed by atoms with Gasteiger partial charge in [0.15, 0.2) is 11.5 Å². The number of fused-ring (bicyclic) bond motifs is 1. The van der Waals surface area contributed by atoms with Gasteiger partial charge in [-0.25, -0.2) is 0 Å². The summed E-state index contributed by atoms with van der Waals surface area (Å²) in [4.78, 5) is 12.7. The van der Waals surface area contributed by atoms with Gasteiger partial charge in [0.25, 0.3) is 5.91 Å². The van der Waals surface area contributed by atoms with Crippen molar-refractivity contribution in [2.24, 2.45) is 11.7 Å². The molecule has 1 aliphatic carbocycles. The molecular weight excluding hydrogens is 352 g/mol. The Bertz CT molecular complexity index is 775. The fourth-order valence-electron chi connectivity index (χ4n) is 3.17. The Kier molecular flexibility index (Phi) is 5.69. The molecule has 1 atom stereocenters. The second-order valence-corrected chi connectivity index (χ2v) is 6.59. The number of hydrogen-bond acceptors (Lipinski definition) is 4. The number of rotatable bonds is 5. The van der Waals surface area contributed by atoms with Gasteiger partial charge in [-0.05, 0) is 54.2 Å². The lowest BCUT2D eigenvalue weighted by Crippen LogP contribution is -2.30. The molecule has 1 fully saturated rings. The summed E-state index contributed by atoms with van der Waals surface area (Å²) in [6.07, 6.45) is 2.26. The Balaban J connectivity index is 0.00000196. The highest BCUT2D eigenvalue weighted by Crippen LogP contribution is 2.43. The van der Waals surface area contributed by atoms with Crippen LogP contribution < -0.4 is 20.5 Å². The van der Waals surface area contributed by atoms with Crippen LogP contribution in [0.25, 0.3) is 0 Å². The van der Waals surface area contributed by atoms with Gasteiger partial charge in [-0.3, -0.25) is 4.79 Å². The number of benzene rings is 2. The number of carbonyl (C=O) groups excluding carboxylic acids is 1. The van der Waals surface area contributed by atoms with Crippen LogP contribution in [0.3, 0.4) is 0 Å². The molecule has 2 aliphatic rings. The first-order chi connectivity index (χ1) is 12.2. The number of halogens is 1. The van der Waals surface area contributed by atoms with Gasteiger partial charge in [-0.1, -0.05) is 18.2 Å². The van der Waals surface area contributed by atoms with Crippen LogP contribution in [0.1, 0.15) is 40.4 Å². The molecule has 5 nitrogen and oxygen atoms in total. The van der Waals surface area contributed by atoms with Crippen molar-refractivity contribution in [3.8, 4) is 11.5 Å². The number of amides is 1. The summed E-state index contributed by atoms with van der Waals surface area (Å²) in [6, 6.07) is 13.4. The Morgan fingerprint density at radius 2 is 1.77 bits per heavy atom. The van der Waals surface area contributed by atoms with E-state index in [0.29, 0.717) is 31.2 Å². The predicted octanol–water partition coefficient (Wildman–Crippen LogP) is 3.22. The molecule has 1 unspecified atom stereocenters. The van der Waals surface area contributed by atoms with Crippen molar-refractivity contribution >= 4 is 18.3 Å². The zero-order valence-corrected chi connectivity index (χ0v) is 15.3. The number of nitrogens with two attached hydrogens (primary N) is 1. The SMILES string of the molecule is Cl.NCc1ccc(C(=O)NC(c2ccc3c(c2)OCCO3)C2CC2)cc1. The van der Waals surface area contributed by atoms with Crippen LogP contribution in [0, 0.1) is 5.92 Å².